The predicted molar refractivity (Wildman–Crippen MR) is 118 cm³/mol. The fourth-order valence-corrected chi connectivity index (χ4v) is 3.21. The summed E-state index contributed by atoms with van der Waals surface area (Å²) in [5.41, 5.74) is 3.96. The molecular weight excluding hydrogens is 380 g/mol. The lowest BCUT2D eigenvalue weighted by atomic mass is 10.1. The Kier molecular flexibility index (Phi) is 5.39. The van der Waals surface area contributed by atoms with Crippen molar-refractivity contribution in [3.8, 4) is 5.75 Å². The number of aryl methyl sites for hydroxylation is 1. The van der Waals surface area contributed by atoms with Crippen LogP contribution in [0.4, 0.5) is 5.69 Å². The molecule has 0 unspecified atom stereocenters. The van der Waals surface area contributed by atoms with Gasteiger partial charge in [-0.1, -0.05) is 47.6 Å². The van der Waals surface area contributed by atoms with E-state index in [-0.39, 0.29) is 5.91 Å². The number of oxime groups is 1. The smallest absolute Gasteiger partial charge is 0.268 e. The van der Waals surface area contributed by atoms with Crippen LogP contribution in [0.2, 0.25) is 0 Å². The molecular formula is C24H22N2O4. The van der Waals surface area contributed by atoms with Crippen LogP contribution < -0.4 is 10.1 Å². The summed E-state index contributed by atoms with van der Waals surface area (Å²) in [5, 5.41) is 8.70. The lowest BCUT2D eigenvalue weighted by molar-refractivity contribution is -0.126. The highest BCUT2D eigenvalue weighted by atomic mass is 16.6. The molecule has 0 spiro atoms. The van der Waals surface area contributed by atoms with Crippen molar-refractivity contribution in [1.29, 1.82) is 0 Å². The highest BCUT2D eigenvalue weighted by molar-refractivity contribution is 6.08. The number of nitrogens with zero attached hydrogens (tertiary/aromatic N) is 1. The first kappa shape index (κ1) is 19.5. The molecule has 0 aliphatic rings. The van der Waals surface area contributed by atoms with Gasteiger partial charge < -0.3 is 19.3 Å². The number of anilines is 1. The number of carbonyl (C=O) groups excluding carboxylic acids is 1. The van der Waals surface area contributed by atoms with Crippen LogP contribution in [0.5, 0.6) is 5.75 Å². The predicted octanol–water partition coefficient (Wildman–Crippen LogP) is 5.28. The van der Waals surface area contributed by atoms with Gasteiger partial charge in [-0.25, -0.2) is 0 Å². The Labute approximate surface area is 174 Å². The van der Waals surface area contributed by atoms with E-state index in [1.165, 1.54) is 0 Å². The van der Waals surface area contributed by atoms with Crippen molar-refractivity contribution in [3.05, 3.63) is 71.8 Å². The summed E-state index contributed by atoms with van der Waals surface area (Å²) in [5.74, 6) is 0.198. The molecule has 6 nitrogen and oxygen atoms in total. The SMILES string of the molecule is COc1cc2c(cc1NC(=O)[C@H](C)O/N=C\c1ccccc1C)oc1ccccc12. The fraction of sp³-hybridized carbons (Fsp3) is 0.167. The van der Waals surface area contributed by atoms with E-state index >= 15 is 0 Å². The van der Waals surface area contributed by atoms with Crippen LogP contribution in [0.3, 0.4) is 0 Å². The zero-order valence-corrected chi connectivity index (χ0v) is 17.0. The topological polar surface area (TPSA) is 73.1 Å². The summed E-state index contributed by atoms with van der Waals surface area (Å²) in [7, 11) is 1.56. The van der Waals surface area contributed by atoms with E-state index in [9.17, 15) is 4.79 Å². The molecule has 0 saturated heterocycles. The normalized spacial score (nSPS) is 12.4. The number of rotatable bonds is 6. The number of benzene rings is 3. The van der Waals surface area contributed by atoms with E-state index in [2.05, 4.69) is 10.5 Å². The second-order valence-corrected chi connectivity index (χ2v) is 6.97. The maximum absolute atomic E-state index is 12.6. The second-order valence-electron chi connectivity index (χ2n) is 6.97. The maximum atomic E-state index is 12.6. The van der Waals surface area contributed by atoms with Crippen LogP contribution in [0.1, 0.15) is 18.1 Å². The van der Waals surface area contributed by atoms with Crippen LogP contribution in [-0.2, 0) is 9.63 Å². The molecule has 152 valence electrons. The van der Waals surface area contributed by atoms with Gasteiger partial charge in [0.25, 0.3) is 5.91 Å². The highest BCUT2D eigenvalue weighted by Crippen LogP contribution is 2.36. The third-order valence-electron chi connectivity index (χ3n) is 4.93. The second kappa shape index (κ2) is 8.29. The van der Waals surface area contributed by atoms with Gasteiger partial charge in [-0.15, -0.1) is 0 Å². The molecule has 0 aliphatic heterocycles. The Morgan fingerprint density at radius 2 is 1.83 bits per heavy atom. The average molecular weight is 402 g/mol. The third kappa shape index (κ3) is 3.85. The molecule has 1 amide bonds. The molecule has 0 radical (unpaired) electrons. The Balaban J connectivity index is 1.51. The van der Waals surface area contributed by atoms with Gasteiger partial charge >= 0.3 is 0 Å². The molecule has 0 saturated carbocycles. The molecule has 1 aromatic heterocycles. The van der Waals surface area contributed by atoms with Crippen molar-refractivity contribution >= 4 is 39.7 Å². The molecule has 0 fully saturated rings. The lowest BCUT2D eigenvalue weighted by Gasteiger charge is -2.13. The highest BCUT2D eigenvalue weighted by Gasteiger charge is 2.18. The molecule has 1 heterocycles. The molecule has 6 heteroatoms. The third-order valence-corrected chi connectivity index (χ3v) is 4.93. The average Bonchev–Trinajstić information content (AvgIpc) is 3.11. The first-order valence-electron chi connectivity index (χ1n) is 9.62. The van der Waals surface area contributed by atoms with Gasteiger partial charge in [-0.2, -0.15) is 0 Å². The number of carbonyl (C=O) groups is 1. The Morgan fingerprint density at radius 3 is 2.63 bits per heavy atom. The van der Waals surface area contributed by atoms with E-state index in [0.29, 0.717) is 17.0 Å². The quantitative estimate of drug-likeness (QED) is 0.352. The van der Waals surface area contributed by atoms with Crippen molar-refractivity contribution in [2.24, 2.45) is 5.16 Å². The number of hydrogen-bond donors (Lipinski definition) is 1. The van der Waals surface area contributed by atoms with E-state index in [1.807, 2.05) is 61.5 Å². The minimum Gasteiger partial charge on any atom is -0.495 e. The summed E-state index contributed by atoms with van der Waals surface area (Å²) in [4.78, 5) is 17.9. The van der Waals surface area contributed by atoms with Gasteiger partial charge in [0.2, 0.25) is 6.10 Å². The number of methoxy groups -OCH3 is 1. The first-order chi connectivity index (χ1) is 14.6. The van der Waals surface area contributed by atoms with Crippen LogP contribution in [0.15, 0.2) is 70.2 Å². The summed E-state index contributed by atoms with van der Waals surface area (Å²) in [6.07, 6.45) is 0.807. The number of amides is 1. The zero-order valence-electron chi connectivity index (χ0n) is 17.0. The molecule has 3 aromatic carbocycles. The summed E-state index contributed by atoms with van der Waals surface area (Å²) in [6, 6.07) is 19.2. The van der Waals surface area contributed by atoms with Gasteiger partial charge in [-0.3, -0.25) is 4.79 Å². The van der Waals surface area contributed by atoms with Crippen LogP contribution in [0, 0.1) is 6.92 Å². The lowest BCUT2D eigenvalue weighted by Crippen LogP contribution is -2.26. The maximum Gasteiger partial charge on any atom is 0.268 e. The number of nitrogens with one attached hydrogen (secondary N) is 1. The standard InChI is InChI=1S/C24H22N2O4/c1-15-8-4-5-9-17(15)14-25-30-16(2)24(27)26-20-13-22-19(12-23(20)28-3)18-10-6-7-11-21(18)29-22/h4-14,16H,1-3H3,(H,26,27)/b25-14-/t16-/m0/s1. The largest absolute Gasteiger partial charge is 0.495 e. The van der Waals surface area contributed by atoms with Gasteiger partial charge in [-0.05, 0) is 37.1 Å². The van der Waals surface area contributed by atoms with Gasteiger partial charge in [0.15, 0.2) is 0 Å². The van der Waals surface area contributed by atoms with E-state index < -0.39 is 6.10 Å². The molecule has 1 N–H and O–H groups in total. The zero-order chi connectivity index (χ0) is 21.1. The Morgan fingerprint density at radius 1 is 1.07 bits per heavy atom. The first-order valence-corrected chi connectivity index (χ1v) is 9.62. The van der Waals surface area contributed by atoms with Crippen molar-refractivity contribution in [2.45, 2.75) is 20.0 Å². The number of fused-ring (bicyclic) bond motifs is 3. The molecule has 30 heavy (non-hydrogen) atoms. The van der Waals surface area contributed by atoms with Gasteiger partial charge in [0.05, 0.1) is 19.0 Å². The summed E-state index contributed by atoms with van der Waals surface area (Å²) < 4.78 is 11.4. The monoisotopic (exact) mass is 402 g/mol. The fourth-order valence-electron chi connectivity index (χ4n) is 3.21. The summed E-state index contributed by atoms with van der Waals surface area (Å²) in [6.45, 7) is 3.62. The number of furan rings is 1. The number of para-hydroxylation sites is 1. The van der Waals surface area contributed by atoms with Crippen LogP contribution >= 0.6 is 0 Å². The van der Waals surface area contributed by atoms with E-state index in [4.69, 9.17) is 14.0 Å². The minimum atomic E-state index is -0.790. The Hall–Kier alpha value is -3.80. The van der Waals surface area contributed by atoms with Crippen LogP contribution in [-0.4, -0.2) is 25.3 Å². The number of ether oxygens (including phenoxy) is 1. The van der Waals surface area contributed by atoms with Crippen molar-refractivity contribution in [2.75, 3.05) is 12.4 Å². The molecule has 4 rings (SSSR count). The summed E-state index contributed by atoms with van der Waals surface area (Å²) >= 11 is 0. The van der Waals surface area contributed by atoms with Crippen molar-refractivity contribution in [3.63, 3.8) is 0 Å². The molecule has 4 aromatic rings. The molecule has 0 bridgehead atoms. The Bertz CT molecular complexity index is 1240. The minimum absolute atomic E-state index is 0.342. The van der Waals surface area contributed by atoms with E-state index in [0.717, 1.165) is 27.5 Å². The molecule has 0 aliphatic carbocycles. The van der Waals surface area contributed by atoms with E-state index in [1.54, 1.807) is 26.3 Å². The van der Waals surface area contributed by atoms with Gasteiger partial charge in [0.1, 0.15) is 16.9 Å². The van der Waals surface area contributed by atoms with Crippen molar-refractivity contribution in [1.82, 2.24) is 0 Å². The molecule has 1 atom stereocenters. The van der Waals surface area contributed by atoms with Crippen molar-refractivity contribution < 1.29 is 18.8 Å². The number of hydrogen-bond acceptors (Lipinski definition) is 5. The van der Waals surface area contributed by atoms with Gasteiger partial charge in [0, 0.05) is 16.8 Å². The van der Waals surface area contributed by atoms with Crippen LogP contribution in [0.25, 0.3) is 21.9 Å².